The van der Waals surface area contributed by atoms with Crippen molar-refractivity contribution in [2.45, 2.75) is 6.92 Å². The second-order valence-electron chi connectivity index (χ2n) is 4.65. The number of allylic oxidation sites excluding steroid dienone is 1. The van der Waals surface area contributed by atoms with Crippen LogP contribution in [-0.4, -0.2) is 29.9 Å². The number of non-ortho nitro benzene ring substituents is 1. The summed E-state index contributed by atoms with van der Waals surface area (Å²) in [6.07, 6.45) is 1.71. The summed E-state index contributed by atoms with van der Waals surface area (Å²) in [5.74, 6) is 0.0535. The first-order valence-electron chi connectivity index (χ1n) is 5.96. The molecule has 0 N–H and O–H groups in total. The molecule has 0 spiro atoms. The van der Waals surface area contributed by atoms with E-state index in [2.05, 4.69) is 0 Å². The summed E-state index contributed by atoms with van der Waals surface area (Å²) in [5.41, 5.74) is 1.76. The molecule has 0 fully saturated rings. The lowest BCUT2D eigenvalue weighted by Crippen LogP contribution is -2.04. The summed E-state index contributed by atoms with van der Waals surface area (Å²) in [4.78, 5) is 23.9. The SMILES string of the molecule is CC1=C(c2ccc([N+](=O)[O-])cc2)C(=O)O/C1=C\N(C)C. The molecule has 2 rings (SSSR count). The third-order valence-corrected chi connectivity index (χ3v) is 2.89. The number of esters is 1. The minimum atomic E-state index is -0.477. The Bertz CT molecular complexity index is 627. The van der Waals surface area contributed by atoms with Gasteiger partial charge < -0.3 is 9.64 Å². The Balaban J connectivity index is 2.43. The second-order valence-corrected chi connectivity index (χ2v) is 4.65. The molecule has 0 saturated heterocycles. The standard InChI is InChI=1S/C14H14N2O4/c1-9-12(8-15(2)3)20-14(17)13(9)10-4-6-11(7-5-10)16(18)19/h4-8H,1-3H3/b12-8-. The smallest absolute Gasteiger partial charge is 0.344 e. The largest absolute Gasteiger partial charge is 0.421 e. The topological polar surface area (TPSA) is 72.7 Å². The lowest BCUT2D eigenvalue weighted by atomic mass is 10.0. The Kier molecular flexibility index (Phi) is 3.56. The van der Waals surface area contributed by atoms with Gasteiger partial charge in [0.05, 0.1) is 10.5 Å². The number of nitro benzene ring substituents is 1. The van der Waals surface area contributed by atoms with Crippen LogP contribution < -0.4 is 0 Å². The lowest BCUT2D eigenvalue weighted by molar-refractivity contribution is -0.384. The van der Waals surface area contributed by atoms with Gasteiger partial charge in [0.2, 0.25) is 0 Å². The number of hydrogen-bond acceptors (Lipinski definition) is 5. The molecule has 0 aliphatic carbocycles. The first-order chi connectivity index (χ1) is 9.40. The molecule has 0 amide bonds. The van der Waals surface area contributed by atoms with Gasteiger partial charge in [0.25, 0.3) is 5.69 Å². The Labute approximate surface area is 116 Å². The number of benzene rings is 1. The number of cyclic esters (lactones) is 1. The summed E-state index contributed by atoms with van der Waals surface area (Å²) in [6, 6.07) is 5.85. The molecule has 6 nitrogen and oxygen atoms in total. The average Bonchev–Trinajstić information content (AvgIpc) is 2.64. The summed E-state index contributed by atoms with van der Waals surface area (Å²) < 4.78 is 5.20. The van der Waals surface area contributed by atoms with Crippen LogP contribution in [0.4, 0.5) is 5.69 Å². The minimum absolute atomic E-state index is 0.0116. The Morgan fingerprint density at radius 3 is 2.35 bits per heavy atom. The average molecular weight is 274 g/mol. The van der Waals surface area contributed by atoms with Crippen LogP contribution in [0.3, 0.4) is 0 Å². The van der Waals surface area contributed by atoms with E-state index in [9.17, 15) is 14.9 Å². The number of carbonyl (C=O) groups excluding carboxylic acids is 1. The normalized spacial score (nSPS) is 16.6. The molecule has 0 bridgehead atoms. The van der Waals surface area contributed by atoms with Crippen molar-refractivity contribution < 1.29 is 14.5 Å². The van der Waals surface area contributed by atoms with Crippen LogP contribution in [0.1, 0.15) is 12.5 Å². The van der Waals surface area contributed by atoms with Gasteiger partial charge in [-0.15, -0.1) is 0 Å². The predicted octanol–water partition coefficient (Wildman–Crippen LogP) is 2.33. The highest BCUT2D eigenvalue weighted by atomic mass is 16.6. The van der Waals surface area contributed by atoms with Crippen LogP contribution in [0.25, 0.3) is 5.57 Å². The quantitative estimate of drug-likeness (QED) is 0.480. The fraction of sp³-hybridized carbons (Fsp3) is 0.214. The first-order valence-corrected chi connectivity index (χ1v) is 5.96. The van der Waals surface area contributed by atoms with Gasteiger partial charge in [0.1, 0.15) is 0 Å². The van der Waals surface area contributed by atoms with Crippen molar-refractivity contribution in [3.05, 3.63) is 57.5 Å². The van der Waals surface area contributed by atoms with E-state index in [1.807, 2.05) is 14.1 Å². The van der Waals surface area contributed by atoms with Crippen molar-refractivity contribution >= 4 is 17.2 Å². The molecule has 1 aromatic carbocycles. The van der Waals surface area contributed by atoms with Crippen LogP contribution >= 0.6 is 0 Å². The zero-order valence-corrected chi connectivity index (χ0v) is 11.4. The highest BCUT2D eigenvalue weighted by Gasteiger charge is 2.28. The van der Waals surface area contributed by atoms with Gasteiger partial charge >= 0.3 is 5.97 Å². The maximum Gasteiger partial charge on any atom is 0.344 e. The predicted molar refractivity (Wildman–Crippen MR) is 73.6 cm³/mol. The fourth-order valence-electron chi connectivity index (χ4n) is 1.95. The fourth-order valence-corrected chi connectivity index (χ4v) is 1.95. The highest BCUT2D eigenvalue weighted by molar-refractivity contribution is 6.21. The molecule has 0 unspecified atom stereocenters. The Morgan fingerprint density at radius 2 is 1.85 bits per heavy atom. The first kappa shape index (κ1) is 13.8. The third kappa shape index (κ3) is 2.54. The van der Waals surface area contributed by atoms with Gasteiger partial charge in [-0.2, -0.15) is 0 Å². The van der Waals surface area contributed by atoms with Crippen LogP contribution in [0.15, 0.2) is 41.8 Å². The lowest BCUT2D eigenvalue weighted by Gasteiger charge is -2.06. The Hall–Kier alpha value is -2.63. The summed E-state index contributed by atoms with van der Waals surface area (Å²) >= 11 is 0. The maximum absolute atomic E-state index is 11.9. The van der Waals surface area contributed by atoms with E-state index in [-0.39, 0.29) is 5.69 Å². The molecular formula is C14H14N2O4. The molecule has 0 atom stereocenters. The van der Waals surface area contributed by atoms with Crippen molar-refractivity contribution in [2.75, 3.05) is 14.1 Å². The number of nitrogens with zero attached hydrogens (tertiary/aromatic N) is 2. The third-order valence-electron chi connectivity index (χ3n) is 2.89. The molecule has 1 heterocycles. The minimum Gasteiger partial charge on any atom is -0.421 e. The molecule has 0 saturated carbocycles. The monoisotopic (exact) mass is 274 g/mol. The number of hydrogen-bond donors (Lipinski definition) is 0. The zero-order valence-electron chi connectivity index (χ0n) is 11.4. The molecule has 1 aromatic rings. The van der Waals surface area contributed by atoms with Crippen molar-refractivity contribution in [3.63, 3.8) is 0 Å². The van der Waals surface area contributed by atoms with Gasteiger partial charge in [-0.1, -0.05) is 0 Å². The van der Waals surface area contributed by atoms with Crippen molar-refractivity contribution in [2.24, 2.45) is 0 Å². The van der Waals surface area contributed by atoms with Crippen molar-refractivity contribution in [3.8, 4) is 0 Å². The van der Waals surface area contributed by atoms with E-state index in [1.54, 1.807) is 30.2 Å². The van der Waals surface area contributed by atoms with E-state index in [0.29, 0.717) is 16.9 Å². The van der Waals surface area contributed by atoms with Crippen molar-refractivity contribution in [1.29, 1.82) is 0 Å². The molecule has 20 heavy (non-hydrogen) atoms. The van der Waals surface area contributed by atoms with Gasteiger partial charge in [-0.3, -0.25) is 10.1 Å². The van der Waals surface area contributed by atoms with Gasteiger partial charge in [0.15, 0.2) is 5.76 Å². The van der Waals surface area contributed by atoms with Crippen LogP contribution in [0.2, 0.25) is 0 Å². The van der Waals surface area contributed by atoms with E-state index in [4.69, 9.17) is 4.74 Å². The van der Waals surface area contributed by atoms with Crippen LogP contribution in [0.5, 0.6) is 0 Å². The number of rotatable bonds is 3. The molecule has 0 radical (unpaired) electrons. The molecule has 1 aliphatic rings. The van der Waals surface area contributed by atoms with Crippen molar-refractivity contribution in [1.82, 2.24) is 4.90 Å². The number of ether oxygens (including phenoxy) is 1. The van der Waals surface area contributed by atoms with Crippen LogP contribution in [0, 0.1) is 10.1 Å². The summed E-state index contributed by atoms with van der Waals surface area (Å²) in [5, 5.41) is 10.6. The second kappa shape index (κ2) is 5.16. The van der Waals surface area contributed by atoms with Gasteiger partial charge in [-0.05, 0) is 24.6 Å². The van der Waals surface area contributed by atoms with Crippen LogP contribution in [-0.2, 0) is 9.53 Å². The molecule has 1 aliphatic heterocycles. The van der Waals surface area contributed by atoms with Gasteiger partial charge in [0, 0.05) is 38.0 Å². The highest BCUT2D eigenvalue weighted by Crippen LogP contribution is 2.33. The zero-order chi connectivity index (χ0) is 14.9. The van der Waals surface area contributed by atoms with Gasteiger partial charge in [-0.25, -0.2) is 4.79 Å². The molecule has 104 valence electrons. The van der Waals surface area contributed by atoms with E-state index in [0.717, 1.165) is 5.57 Å². The Morgan fingerprint density at radius 1 is 1.25 bits per heavy atom. The van der Waals surface area contributed by atoms with E-state index >= 15 is 0 Å². The maximum atomic E-state index is 11.9. The molecule has 0 aromatic heterocycles. The summed E-state index contributed by atoms with van der Waals surface area (Å²) in [7, 11) is 3.66. The molecule has 6 heteroatoms. The van der Waals surface area contributed by atoms with E-state index < -0.39 is 10.9 Å². The number of carbonyl (C=O) groups is 1. The number of nitro groups is 1. The summed E-state index contributed by atoms with van der Waals surface area (Å²) in [6.45, 7) is 1.79. The van der Waals surface area contributed by atoms with E-state index in [1.165, 1.54) is 12.1 Å². The molecular weight excluding hydrogens is 260 g/mol.